The average molecular weight is 176 g/mol. The van der Waals surface area contributed by atoms with E-state index in [1.165, 1.54) is 0 Å². The highest BCUT2D eigenvalue weighted by Gasteiger charge is 2.16. The molecule has 2 aromatic heterocycles. The Balaban J connectivity index is 2.61. The molecule has 0 aliphatic rings. The first-order valence-corrected chi connectivity index (χ1v) is 4.25. The third kappa shape index (κ3) is 1.39. The molecule has 0 saturated heterocycles. The summed E-state index contributed by atoms with van der Waals surface area (Å²) in [5.41, 5.74) is 1.75. The molecule has 4 heteroatoms. The van der Waals surface area contributed by atoms with E-state index < -0.39 is 0 Å². The number of nitrogens with zero attached hydrogens (tertiary/aromatic N) is 4. The Morgan fingerprint density at radius 3 is 2.77 bits per heavy atom. The van der Waals surface area contributed by atoms with Gasteiger partial charge in [0.2, 0.25) is 0 Å². The van der Waals surface area contributed by atoms with E-state index in [4.69, 9.17) is 0 Å². The fraction of sp³-hybridized carbons (Fsp3) is 0.444. The predicted octanol–water partition coefficient (Wildman–Crippen LogP) is 1.42. The lowest BCUT2D eigenvalue weighted by Crippen LogP contribution is -2.16. The van der Waals surface area contributed by atoms with E-state index in [-0.39, 0.29) is 5.41 Å². The molecule has 0 radical (unpaired) electrons. The van der Waals surface area contributed by atoms with Crippen LogP contribution < -0.4 is 0 Å². The maximum atomic E-state index is 4.35. The van der Waals surface area contributed by atoms with Crippen molar-refractivity contribution in [2.24, 2.45) is 0 Å². The van der Waals surface area contributed by atoms with Crippen LogP contribution in [0.15, 0.2) is 18.5 Å². The summed E-state index contributed by atoms with van der Waals surface area (Å²) in [6, 6.07) is 1.83. The molecule has 0 bridgehead atoms. The van der Waals surface area contributed by atoms with Crippen molar-refractivity contribution in [2.75, 3.05) is 0 Å². The fourth-order valence-corrected chi connectivity index (χ4v) is 1.06. The Bertz CT molecular complexity index is 424. The summed E-state index contributed by atoms with van der Waals surface area (Å²) in [7, 11) is 0. The van der Waals surface area contributed by atoms with E-state index in [1.54, 1.807) is 17.0 Å². The molecule has 0 atom stereocenters. The van der Waals surface area contributed by atoms with Gasteiger partial charge < -0.3 is 0 Å². The topological polar surface area (TPSA) is 43.1 Å². The van der Waals surface area contributed by atoms with Gasteiger partial charge in [0, 0.05) is 11.5 Å². The second-order valence-electron chi connectivity index (χ2n) is 4.07. The molecule has 0 aromatic carbocycles. The van der Waals surface area contributed by atoms with Crippen LogP contribution in [0.3, 0.4) is 0 Å². The fourth-order valence-electron chi connectivity index (χ4n) is 1.06. The molecular formula is C9H12N4. The number of rotatable bonds is 0. The number of hydrogen-bond acceptors (Lipinski definition) is 3. The van der Waals surface area contributed by atoms with Crippen LogP contribution in [0.4, 0.5) is 0 Å². The highest BCUT2D eigenvalue weighted by molar-refractivity contribution is 5.33. The van der Waals surface area contributed by atoms with E-state index >= 15 is 0 Å². The minimum absolute atomic E-state index is 0.0210. The van der Waals surface area contributed by atoms with Gasteiger partial charge >= 0.3 is 0 Å². The predicted molar refractivity (Wildman–Crippen MR) is 49.5 cm³/mol. The molecule has 0 saturated carbocycles. The van der Waals surface area contributed by atoms with Gasteiger partial charge in [-0.15, -0.1) is 4.63 Å². The average Bonchev–Trinajstić information content (AvgIpc) is 2.47. The lowest BCUT2D eigenvalue weighted by Gasteiger charge is -2.15. The summed E-state index contributed by atoms with van der Waals surface area (Å²) in [5, 5.41) is 8.39. The minimum atomic E-state index is 0.0210. The maximum absolute atomic E-state index is 4.35. The van der Waals surface area contributed by atoms with Crippen LogP contribution in [0.5, 0.6) is 0 Å². The van der Waals surface area contributed by atoms with Crippen LogP contribution in [-0.4, -0.2) is 19.8 Å². The molecule has 68 valence electrons. The third-order valence-corrected chi connectivity index (χ3v) is 1.89. The molecule has 0 N–H and O–H groups in total. The summed E-state index contributed by atoms with van der Waals surface area (Å²) in [5.74, 6) is 0. The van der Waals surface area contributed by atoms with Crippen molar-refractivity contribution in [3.05, 3.63) is 24.2 Å². The van der Waals surface area contributed by atoms with E-state index in [0.29, 0.717) is 0 Å². The first-order chi connectivity index (χ1) is 6.07. The van der Waals surface area contributed by atoms with Gasteiger partial charge in [-0.1, -0.05) is 20.8 Å². The van der Waals surface area contributed by atoms with Gasteiger partial charge in [0.05, 0.1) is 18.1 Å². The quantitative estimate of drug-likeness (QED) is 0.609. The van der Waals surface area contributed by atoms with Crippen LogP contribution in [0, 0.1) is 0 Å². The SMILES string of the molecule is CC(C)(C)c1cnc2ccnn2n1. The molecule has 0 aliphatic heterocycles. The second-order valence-corrected chi connectivity index (χ2v) is 4.07. The van der Waals surface area contributed by atoms with Crippen LogP contribution in [-0.2, 0) is 5.41 Å². The highest BCUT2D eigenvalue weighted by Crippen LogP contribution is 2.18. The molecule has 13 heavy (non-hydrogen) atoms. The van der Waals surface area contributed by atoms with Gasteiger partial charge in [0.15, 0.2) is 5.65 Å². The van der Waals surface area contributed by atoms with Gasteiger partial charge in [0.25, 0.3) is 0 Å². The van der Waals surface area contributed by atoms with Crippen LogP contribution in [0.25, 0.3) is 5.65 Å². The Kier molecular flexibility index (Phi) is 1.58. The van der Waals surface area contributed by atoms with Gasteiger partial charge in [-0.2, -0.15) is 10.2 Å². The van der Waals surface area contributed by atoms with Crippen LogP contribution in [0.2, 0.25) is 0 Å². The molecule has 2 heterocycles. The summed E-state index contributed by atoms with van der Waals surface area (Å²) in [6.07, 6.45) is 3.50. The molecule has 0 fully saturated rings. The van der Waals surface area contributed by atoms with Crippen molar-refractivity contribution < 1.29 is 0 Å². The first kappa shape index (κ1) is 8.16. The lowest BCUT2D eigenvalue weighted by molar-refractivity contribution is 0.541. The standard InChI is InChI=1S/C9H12N4/c1-9(2,3)7-6-10-8-4-5-11-13(8)12-7/h4-6H,1-3H3. The Hall–Kier alpha value is -1.45. The second kappa shape index (κ2) is 2.52. The molecule has 2 aromatic rings. The lowest BCUT2D eigenvalue weighted by atomic mass is 9.93. The number of fused-ring (bicyclic) bond motifs is 1. The largest absolute Gasteiger partial charge is 0.234 e. The molecule has 0 unspecified atom stereocenters. The van der Waals surface area contributed by atoms with Crippen LogP contribution in [0.1, 0.15) is 26.5 Å². The van der Waals surface area contributed by atoms with E-state index in [9.17, 15) is 0 Å². The summed E-state index contributed by atoms with van der Waals surface area (Å²) >= 11 is 0. The van der Waals surface area contributed by atoms with Gasteiger partial charge in [-0.25, -0.2) is 4.98 Å². The zero-order valence-corrected chi connectivity index (χ0v) is 8.02. The number of hydrogen-bond donors (Lipinski definition) is 0. The van der Waals surface area contributed by atoms with Gasteiger partial charge in [0.1, 0.15) is 0 Å². The number of aromatic nitrogens is 4. The van der Waals surface area contributed by atoms with Crippen molar-refractivity contribution in [2.45, 2.75) is 26.2 Å². The maximum Gasteiger partial charge on any atom is 0.175 e. The monoisotopic (exact) mass is 176 g/mol. The molecule has 0 aliphatic carbocycles. The summed E-state index contributed by atoms with van der Waals surface area (Å²) < 4.78 is 1.56. The molecule has 2 rings (SSSR count). The van der Waals surface area contributed by atoms with Crippen molar-refractivity contribution in [1.29, 1.82) is 0 Å². The van der Waals surface area contributed by atoms with Gasteiger partial charge in [-0.05, 0) is 0 Å². The highest BCUT2D eigenvalue weighted by atomic mass is 15.4. The zero-order valence-electron chi connectivity index (χ0n) is 8.02. The third-order valence-electron chi connectivity index (χ3n) is 1.89. The Morgan fingerprint density at radius 1 is 1.31 bits per heavy atom. The van der Waals surface area contributed by atoms with Crippen LogP contribution >= 0.6 is 0 Å². The Labute approximate surface area is 76.6 Å². The zero-order chi connectivity index (χ0) is 9.47. The molecule has 0 spiro atoms. The molecule has 4 nitrogen and oxygen atoms in total. The van der Waals surface area contributed by atoms with E-state index in [0.717, 1.165) is 11.3 Å². The van der Waals surface area contributed by atoms with E-state index in [1.807, 2.05) is 6.07 Å². The smallest absolute Gasteiger partial charge is 0.175 e. The first-order valence-electron chi connectivity index (χ1n) is 4.25. The van der Waals surface area contributed by atoms with Crippen molar-refractivity contribution in [1.82, 2.24) is 19.8 Å². The summed E-state index contributed by atoms with van der Waals surface area (Å²) in [4.78, 5) is 4.25. The normalized spacial score (nSPS) is 12.2. The minimum Gasteiger partial charge on any atom is -0.234 e. The van der Waals surface area contributed by atoms with Crippen molar-refractivity contribution in [3.8, 4) is 0 Å². The van der Waals surface area contributed by atoms with Gasteiger partial charge in [-0.3, -0.25) is 0 Å². The molecule has 0 amide bonds. The Morgan fingerprint density at radius 2 is 2.08 bits per heavy atom. The summed E-state index contributed by atoms with van der Waals surface area (Å²) in [6.45, 7) is 6.31. The molecular weight excluding hydrogens is 164 g/mol. The van der Waals surface area contributed by atoms with E-state index in [2.05, 4.69) is 36.0 Å². The van der Waals surface area contributed by atoms with Crippen molar-refractivity contribution >= 4 is 5.65 Å². The van der Waals surface area contributed by atoms with Crippen molar-refractivity contribution in [3.63, 3.8) is 0 Å².